The number of hydrogen-bond acceptors (Lipinski definition) is 4. The molecule has 2 rings (SSSR count). The van der Waals surface area contributed by atoms with E-state index < -0.39 is 0 Å². The average Bonchev–Trinajstić information content (AvgIpc) is 2.29. The van der Waals surface area contributed by atoms with Crippen LogP contribution >= 0.6 is 11.6 Å². The zero-order valence-electron chi connectivity index (χ0n) is 9.24. The summed E-state index contributed by atoms with van der Waals surface area (Å²) in [5.74, 6) is 0.317. The van der Waals surface area contributed by atoms with E-state index in [0.29, 0.717) is 27.8 Å². The molecule has 0 amide bonds. The van der Waals surface area contributed by atoms with Crippen molar-refractivity contribution in [2.75, 3.05) is 5.73 Å². The minimum Gasteiger partial charge on any atom is -0.383 e. The molecule has 17 heavy (non-hydrogen) atoms. The summed E-state index contributed by atoms with van der Waals surface area (Å²) in [4.78, 5) is 7.95. The molecule has 0 unspecified atom stereocenters. The molecule has 0 radical (unpaired) electrons. The topological polar surface area (TPSA) is 75.7 Å². The van der Waals surface area contributed by atoms with E-state index in [0.717, 1.165) is 5.56 Å². The van der Waals surface area contributed by atoms with Crippen molar-refractivity contribution >= 4 is 23.1 Å². The van der Waals surface area contributed by atoms with Crippen LogP contribution in [0.3, 0.4) is 0 Å². The van der Waals surface area contributed by atoms with Gasteiger partial charge in [-0.1, -0.05) is 23.7 Å². The molecule has 0 fully saturated rings. The molecule has 0 atom stereocenters. The average molecular weight is 247 g/mol. The highest BCUT2D eigenvalue weighted by molar-refractivity contribution is 6.30. The van der Waals surface area contributed by atoms with Gasteiger partial charge < -0.3 is 5.73 Å². The third-order valence-electron chi connectivity index (χ3n) is 2.45. The Balaban J connectivity index is 2.47. The molecule has 0 aliphatic rings. The second-order valence-corrected chi connectivity index (χ2v) is 4.04. The maximum Gasteiger partial charge on any atom is 0.136 e. The number of benzene rings is 1. The summed E-state index contributed by atoms with van der Waals surface area (Å²) in [6.07, 6.45) is 1.39. The monoisotopic (exact) mass is 246 g/mol. The first-order valence-electron chi connectivity index (χ1n) is 5.01. The Morgan fingerprint density at radius 3 is 2.47 bits per heavy atom. The minimum atomic E-state index is 0.303. The molecular weight excluding hydrogens is 236 g/mol. The number of nitrogens with one attached hydrogen (secondary N) is 1. The van der Waals surface area contributed by atoms with Crippen molar-refractivity contribution in [1.29, 1.82) is 5.41 Å². The van der Waals surface area contributed by atoms with E-state index in [9.17, 15) is 0 Å². The van der Waals surface area contributed by atoms with Gasteiger partial charge >= 0.3 is 0 Å². The molecule has 1 heterocycles. The first kappa shape index (κ1) is 11.5. The zero-order valence-corrected chi connectivity index (χ0v) is 9.99. The van der Waals surface area contributed by atoms with E-state index in [1.165, 1.54) is 6.33 Å². The molecule has 86 valence electrons. The standard InChI is InChI=1S/C12H11ClN4/c1-7-10(12(15)17-6-16-7)11(14)8-2-4-9(13)5-3-8/h2-6,14H,1H3,(H2,15,16,17). The van der Waals surface area contributed by atoms with Crippen molar-refractivity contribution < 1.29 is 0 Å². The van der Waals surface area contributed by atoms with Crippen molar-refractivity contribution in [2.24, 2.45) is 0 Å². The molecule has 0 aliphatic heterocycles. The Labute approximate surface area is 104 Å². The fourth-order valence-electron chi connectivity index (χ4n) is 1.56. The van der Waals surface area contributed by atoms with Gasteiger partial charge in [-0.25, -0.2) is 9.97 Å². The first-order chi connectivity index (χ1) is 8.09. The van der Waals surface area contributed by atoms with Gasteiger partial charge in [0.25, 0.3) is 0 Å². The number of hydrogen-bond donors (Lipinski definition) is 2. The number of aromatic nitrogens is 2. The van der Waals surface area contributed by atoms with Crippen LogP contribution in [0, 0.1) is 12.3 Å². The first-order valence-corrected chi connectivity index (χ1v) is 5.39. The maximum absolute atomic E-state index is 8.12. The quantitative estimate of drug-likeness (QED) is 0.799. The third-order valence-corrected chi connectivity index (χ3v) is 2.70. The fraction of sp³-hybridized carbons (Fsp3) is 0.0833. The van der Waals surface area contributed by atoms with Crippen LogP contribution in [0.4, 0.5) is 5.82 Å². The number of rotatable bonds is 2. The molecule has 1 aromatic heterocycles. The number of nitrogen functional groups attached to an aromatic ring is 1. The van der Waals surface area contributed by atoms with Gasteiger partial charge in [0.15, 0.2) is 0 Å². The van der Waals surface area contributed by atoms with Gasteiger partial charge in [0.05, 0.1) is 17.0 Å². The summed E-state index contributed by atoms with van der Waals surface area (Å²) >= 11 is 5.81. The van der Waals surface area contributed by atoms with Crippen LogP contribution in [0.15, 0.2) is 30.6 Å². The minimum absolute atomic E-state index is 0.303. The SMILES string of the molecule is Cc1ncnc(N)c1C(=N)c1ccc(Cl)cc1. The van der Waals surface area contributed by atoms with E-state index >= 15 is 0 Å². The van der Waals surface area contributed by atoms with Crippen molar-refractivity contribution in [3.05, 3.63) is 52.4 Å². The lowest BCUT2D eigenvalue weighted by atomic mass is 10.0. The smallest absolute Gasteiger partial charge is 0.136 e. The van der Waals surface area contributed by atoms with Gasteiger partial charge in [-0.05, 0) is 19.1 Å². The van der Waals surface area contributed by atoms with Crippen LogP contribution < -0.4 is 5.73 Å². The second kappa shape index (κ2) is 4.51. The molecule has 3 N–H and O–H groups in total. The Morgan fingerprint density at radius 2 is 1.88 bits per heavy atom. The third kappa shape index (κ3) is 2.26. The second-order valence-electron chi connectivity index (χ2n) is 3.60. The number of nitrogens with two attached hydrogens (primary N) is 1. The fourth-order valence-corrected chi connectivity index (χ4v) is 1.69. The highest BCUT2D eigenvalue weighted by atomic mass is 35.5. The normalized spacial score (nSPS) is 10.2. The van der Waals surface area contributed by atoms with Crippen LogP contribution in [0.5, 0.6) is 0 Å². The van der Waals surface area contributed by atoms with Gasteiger partial charge in [-0.2, -0.15) is 0 Å². The van der Waals surface area contributed by atoms with Crippen LogP contribution in [0.1, 0.15) is 16.8 Å². The van der Waals surface area contributed by atoms with E-state index in [1.807, 2.05) is 0 Å². The van der Waals surface area contributed by atoms with Gasteiger partial charge in [-0.3, -0.25) is 5.41 Å². The van der Waals surface area contributed by atoms with Gasteiger partial charge in [0, 0.05) is 10.6 Å². The molecule has 2 aromatic rings. The molecular formula is C12H11ClN4. The van der Waals surface area contributed by atoms with Crippen LogP contribution in [-0.2, 0) is 0 Å². The van der Waals surface area contributed by atoms with E-state index in [1.54, 1.807) is 31.2 Å². The Morgan fingerprint density at radius 1 is 1.24 bits per heavy atom. The van der Waals surface area contributed by atoms with Gasteiger partial charge in [-0.15, -0.1) is 0 Å². The summed E-state index contributed by atoms with van der Waals surface area (Å²) in [6.45, 7) is 1.80. The van der Waals surface area contributed by atoms with E-state index in [-0.39, 0.29) is 0 Å². The van der Waals surface area contributed by atoms with Crippen LogP contribution in [0.2, 0.25) is 5.02 Å². The van der Waals surface area contributed by atoms with Crippen LogP contribution in [0.25, 0.3) is 0 Å². The summed E-state index contributed by atoms with van der Waals surface area (Å²) in [6, 6.07) is 7.02. The lowest BCUT2D eigenvalue weighted by Crippen LogP contribution is -2.10. The highest BCUT2D eigenvalue weighted by Crippen LogP contribution is 2.18. The molecule has 0 saturated carbocycles. The Bertz CT molecular complexity index is 543. The summed E-state index contributed by atoms with van der Waals surface area (Å²) in [7, 11) is 0. The maximum atomic E-state index is 8.12. The number of aryl methyl sites for hydroxylation is 1. The molecule has 0 saturated heterocycles. The highest BCUT2D eigenvalue weighted by Gasteiger charge is 2.12. The van der Waals surface area contributed by atoms with Crippen molar-refractivity contribution in [3.63, 3.8) is 0 Å². The predicted octanol–water partition coefficient (Wildman–Crippen LogP) is 2.44. The molecule has 4 nitrogen and oxygen atoms in total. The molecule has 5 heteroatoms. The predicted molar refractivity (Wildman–Crippen MR) is 68.6 cm³/mol. The van der Waals surface area contributed by atoms with Gasteiger partial charge in [0.2, 0.25) is 0 Å². The van der Waals surface area contributed by atoms with Crippen LogP contribution in [-0.4, -0.2) is 15.7 Å². The van der Waals surface area contributed by atoms with Crippen molar-refractivity contribution in [2.45, 2.75) is 6.92 Å². The largest absolute Gasteiger partial charge is 0.383 e. The summed E-state index contributed by atoms with van der Waals surface area (Å²) in [5.41, 5.74) is 8.07. The number of anilines is 1. The van der Waals surface area contributed by atoms with Gasteiger partial charge in [0.1, 0.15) is 12.1 Å². The lowest BCUT2D eigenvalue weighted by Gasteiger charge is -2.09. The summed E-state index contributed by atoms with van der Waals surface area (Å²) in [5, 5.41) is 8.75. The zero-order chi connectivity index (χ0) is 12.4. The van der Waals surface area contributed by atoms with Crippen molar-refractivity contribution in [1.82, 2.24) is 9.97 Å². The molecule has 1 aromatic carbocycles. The number of halogens is 1. The van der Waals surface area contributed by atoms with E-state index in [4.69, 9.17) is 22.7 Å². The molecule has 0 aliphatic carbocycles. The lowest BCUT2D eigenvalue weighted by molar-refractivity contribution is 1.10. The van der Waals surface area contributed by atoms with E-state index in [2.05, 4.69) is 9.97 Å². The Hall–Kier alpha value is -1.94. The Kier molecular flexibility index (Phi) is 3.06. The summed E-state index contributed by atoms with van der Waals surface area (Å²) < 4.78 is 0. The van der Waals surface area contributed by atoms with Crippen molar-refractivity contribution in [3.8, 4) is 0 Å². The number of nitrogens with zero attached hydrogens (tertiary/aromatic N) is 2. The molecule has 0 spiro atoms. The molecule has 0 bridgehead atoms.